The molecule has 1 spiro atoms. The summed E-state index contributed by atoms with van der Waals surface area (Å²) in [5.74, 6) is 0.399. The van der Waals surface area contributed by atoms with Crippen LogP contribution in [-0.4, -0.2) is 43.0 Å². The van der Waals surface area contributed by atoms with Crippen molar-refractivity contribution < 1.29 is 9.47 Å². The van der Waals surface area contributed by atoms with Gasteiger partial charge in [-0.15, -0.1) is 0 Å². The summed E-state index contributed by atoms with van der Waals surface area (Å²) in [7, 11) is 0. The van der Waals surface area contributed by atoms with Crippen LogP contribution in [0.5, 0.6) is 0 Å². The van der Waals surface area contributed by atoms with Crippen LogP contribution in [0, 0.1) is 0 Å². The van der Waals surface area contributed by atoms with E-state index >= 15 is 0 Å². The Labute approximate surface area is 146 Å². The molecule has 4 rings (SSSR count). The van der Waals surface area contributed by atoms with Crippen LogP contribution < -0.4 is 0 Å². The van der Waals surface area contributed by atoms with E-state index in [0.29, 0.717) is 5.92 Å². The zero-order chi connectivity index (χ0) is 16.2. The first-order valence-corrected chi connectivity index (χ1v) is 9.92. The number of hydrogen-bond donors (Lipinski definition) is 0. The minimum Gasteiger partial charge on any atom is -0.347 e. The van der Waals surface area contributed by atoms with Crippen molar-refractivity contribution in [2.24, 2.45) is 0 Å². The van der Waals surface area contributed by atoms with Crippen LogP contribution in [-0.2, 0) is 9.47 Å². The third kappa shape index (κ3) is 3.84. The molecule has 24 heavy (non-hydrogen) atoms. The van der Waals surface area contributed by atoms with Crippen LogP contribution >= 0.6 is 0 Å². The van der Waals surface area contributed by atoms with E-state index < -0.39 is 0 Å². The Balaban J connectivity index is 1.29. The van der Waals surface area contributed by atoms with Gasteiger partial charge < -0.3 is 14.4 Å². The molecule has 1 saturated carbocycles. The maximum Gasteiger partial charge on any atom is 0.169 e. The van der Waals surface area contributed by atoms with E-state index in [2.05, 4.69) is 35.2 Å². The average molecular weight is 329 g/mol. The molecule has 1 aromatic carbocycles. The second-order valence-corrected chi connectivity index (χ2v) is 7.86. The number of likely N-dealkylation sites (tertiary alicyclic amines) is 1. The zero-order valence-electron chi connectivity index (χ0n) is 14.8. The van der Waals surface area contributed by atoms with E-state index in [4.69, 9.17) is 9.47 Å². The highest BCUT2D eigenvalue weighted by Gasteiger charge is 2.44. The van der Waals surface area contributed by atoms with Crippen LogP contribution in [0.2, 0.25) is 0 Å². The summed E-state index contributed by atoms with van der Waals surface area (Å²) in [5, 5.41) is 0. The SMILES string of the molecule is c1ccc(C2CCC3(CC2)OCC(CN2CCCCCC2)O3)cc1. The van der Waals surface area contributed by atoms with E-state index in [0.717, 1.165) is 26.0 Å². The first kappa shape index (κ1) is 16.6. The van der Waals surface area contributed by atoms with Crippen molar-refractivity contribution in [1.29, 1.82) is 0 Å². The Morgan fingerprint density at radius 1 is 0.958 bits per heavy atom. The molecule has 0 aromatic heterocycles. The lowest BCUT2D eigenvalue weighted by Crippen LogP contribution is -2.38. The molecule has 0 radical (unpaired) electrons. The van der Waals surface area contributed by atoms with Gasteiger partial charge in [0.05, 0.1) is 12.7 Å². The summed E-state index contributed by atoms with van der Waals surface area (Å²) in [4.78, 5) is 2.59. The Morgan fingerprint density at radius 3 is 2.38 bits per heavy atom. The first-order chi connectivity index (χ1) is 11.8. The summed E-state index contributed by atoms with van der Waals surface area (Å²) >= 11 is 0. The van der Waals surface area contributed by atoms with Gasteiger partial charge in [0.15, 0.2) is 5.79 Å². The lowest BCUT2D eigenvalue weighted by Gasteiger charge is -2.36. The second-order valence-electron chi connectivity index (χ2n) is 7.86. The molecule has 3 nitrogen and oxygen atoms in total. The van der Waals surface area contributed by atoms with Gasteiger partial charge in [-0.2, -0.15) is 0 Å². The number of benzene rings is 1. The molecule has 0 bridgehead atoms. The van der Waals surface area contributed by atoms with E-state index in [1.807, 2.05) is 0 Å². The third-order valence-electron chi connectivity index (χ3n) is 6.09. The van der Waals surface area contributed by atoms with Crippen LogP contribution in [0.1, 0.15) is 62.8 Å². The molecule has 2 heterocycles. The average Bonchev–Trinajstić information content (AvgIpc) is 2.83. The Hall–Kier alpha value is -0.900. The highest BCUT2D eigenvalue weighted by Crippen LogP contribution is 2.43. The van der Waals surface area contributed by atoms with Crippen molar-refractivity contribution in [3.8, 4) is 0 Å². The van der Waals surface area contributed by atoms with Gasteiger partial charge in [-0.25, -0.2) is 0 Å². The summed E-state index contributed by atoms with van der Waals surface area (Å²) in [5.41, 5.74) is 1.48. The van der Waals surface area contributed by atoms with E-state index in [1.54, 1.807) is 0 Å². The summed E-state index contributed by atoms with van der Waals surface area (Å²) in [6.07, 6.45) is 10.2. The molecular formula is C21H31NO2. The van der Waals surface area contributed by atoms with Gasteiger partial charge in [-0.1, -0.05) is 43.2 Å². The fraction of sp³-hybridized carbons (Fsp3) is 0.714. The molecular weight excluding hydrogens is 298 g/mol. The van der Waals surface area contributed by atoms with Crippen molar-refractivity contribution in [2.45, 2.75) is 69.2 Å². The highest BCUT2D eigenvalue weighted by atomic mass is 16.7. The van der Waals surface area contributed by atoms with Crippen molar-refractivity contribution in [3.63, 3.8) is 0 Å². The van der Waals surface area contributed by atoms with Gasteiger partial charge in [0.2, 0.25) is 0 Å². The van der Waals surface area contributed by atoms with Gasteiger partial charge in [-0.3, -0.25) is 0 Å². The number of rotatable bonds is 3. The van der Waals surface area contributed by atoms with Gasteiger partial charge in [0.25, 0.3) is 0 Å². The topological polar surface area (TPSA) is 21.7 Å². The van der Waals surface area contributed by atoms with Crippen LogP contribution in [0.4, 0.5) is 0 Å². The van der Waals surface area contributed by atoms with Gasteiger partial charge in [0, 0.05) is 19.4 Å². The molecule has 1 aromatic rings. The predicted octanol–water partition coefficient (Wildman–Crippen LogP) is 4.33. The maximum absolute atomic E-state index is 6.45. The fourth-order valence-corrected chi connectivity index (χ4v) is 4.69. The van der Waals surface area contributed by atoms with Crippen LogP contribution in [0.25, 0.3) is 0 Å². The molecule has 1 unspecified atom stereocenters. The molecule has 2 aliphatic heterocycles. The summed E-state index contributed by atoms with van der Waals surface area (Å²) in [6, 6.07) is 10.9. The van der Waals surface area contributed by atoms with Crippen molar-refractivity contribution in [2.75, 3.05) is 26.2 Å². The number of nitrogens with zero attached hydrogens (tertiary/aromatic N) is 1. The molecule has 3 heteroatoms. The largest absolute Gasteiger partial charge is 0.347 e. The van der Waals surface area contributed by atoms with E-state index in [9.17, 15) is 0 Å². The molecule has 3 aliphatic rings. The number of ether oxygens (including phenoxy) is 2. The zero-order valence-corrected chi connectivity index (χ0v) is 14.8. The van der Waals surface area contributed by atoms with Crippen molar-refractivity contribution in [3.05, 3.63) is 35.9 Å². The van der Waals surface area contributed by atoms with Crippen molar-refractivity contribution >= 4 is 0 Å². The minimum absolute atomic E-state index is 0.274. The smallest absolute Gasteiger partial charge is 0.169 e. The Morgan fingerprint density at radius 2 is 1.67 bits per heavy atom. The van der Waals surface area contributed by atoms with Gasteiger partial charge in [-0.05, 0) is 50.3 Å². The molecule has 0 amide bonds. The van der Waals surface area contributed by atoms with Gasteiger partial charge in [0.1, 0.15) is 0 Å². The molecule has 0 N–H and O–H groups in total. The lowest BCUT2D eigenvalue weighted by atomic mass is 9.81. The second kappa shape index (κ2) is 7.55. The standard InChI is InChI=1S/C21H31NO2/c1-2-7-15-22(14-6-1)16-20-17-23-21(24-20)12-10-19(11-13-21)18-8-4-3-5-9-18/h3-5,8-9,19-20H,1-2,6-7,10-17H2. The summed E-state index contributed by atoms with van der Waals surface area (Å²) < 4.78 is 12.7. The summed E-state index contributed by atoms with van der Waals surface area (Å²) in [6.45, 7) is 4.32. The maximum atomic E-state index is 6.45. The lowest BCUT2D eigenvalue weighted by molar-refractivity contribution is -0.190. The first-order valence-electron chi connectivity index (χ1n) is 9.92. The molecule has 3 fully saturated rings. The molecule has 1 aliphatic carbocycles. The predicted molar refractivity (Wildman–Crippen MR) is 96.1 cm³/mol. The fourth-order valence-electron chi connectivity index (χ4n) is 4.69. The molecule has 2 saturated heterocycles. The molecule has 1 atom stereocenters. The van der Waals surface area contributed by atoms with Crippen LogP contribution in [0.3, 0.4) is 0 Å². The molecule has 132 valence electrons. The minimum atomic E-state index is -0.276. The normalized spacial score (nSPS) is 35.2. The Kier molecular flexibility index (Phi) is 5.21. The number of hydrogen-bond acceptors (Lipinski definition) is 3. The monoisotopic (exact) mass is 329 g/mol. The Bertz CT molecular complexity index is 502. The quantitative estimate of drug-likeness (QED) is 0.824. The van der Waals surface area contributed by atoms with E-state index in [-0.39, 0.29) is 11.9 Å². The van der Waals surface area contributed by atoms with Crippen LogP contribution in [0.15, 0.2) is 30.3 Å². The van der Waals surface area contributed by atoms with Gasteiger partial charge >= 0.3 is 0 Å². The third-order valence-corrected chi connectivity index (χ3v) is 6.09. The van der Waals surface area contributed by atoms with Crippen molar-refractivity contribution in [1.82, 2.24) is 4.90 Å². The van der Waals surface area contributed by atoms with E-state index in [1.165, 1.54) is 57.2 Å². The highest BCUT2D eigenvalue weighted by molar-refractivity contribution is 5.20.